The number of carbonyl (C=O) groups is 1. The fourth-order valence-electron chi connectivity index (χ4n) is 3.08. The molecule has 3 aromatic carbocycles. The molecule has 6 heteroatoms. The first-order valence-corrected chi connectivity index (χ1v) is 9.46. The van der Waals surface area contributed by atoms with Crippen molar-refractivity contribution in [2.45, 2.75) is 6.92 Å². The van der Waals surface area contributed by atoms with Crippen molar-refractivity contribution < 1.29 is 9.90 Å². The summed E-state index contributed by atoms with van der Waals surface area (Å²) in [6.45, 7) is 1.71. The van der Waals surface area contributed by atoms with Gasteiger partial charge in [-0.15, -0.1) is 0 Å². The standard InChI is InChI=1S/C24H20N4O2/c1-16(20-9-5-6-10-23(20)29)25-28-24(30)22-15-21(26-27-22)19-13-11-18(12-14-19)17-7-3-2-4-8-17/h2-15,29H,1H3,(H,26,27)(H,28,30)/b25-16-. The van der Waals surface area contributed by atoms with Crippen molar-refractivity contribution in [2.75, 3.05) is 0 Å². The summed E-state index contributed by atoms with van der Waals surface area (Å²) in [4.78, 5) is 12.4. The van der Waals surface area contributed by atoms with Gasteiger partial charge in [-0.3, -0.25) is 9.89 Å². The van der Waals surface area contributed by atoms with Crippen LogP contribution in [-0.2, 0) is 0 Å². The molecule has 0 bridgehead atoms. The van der Waals surface area contributed by atoms with E-state index in [-0.39, 0.29) is 5.75 Å². The van der Waals surface area contributed by atoms with E-state index in [1.807, 2.05) is 42.5 Å². The third-order valence-corrected chi connectivity index (χ3v) is 4.73. The molecule has 0 radical (unpaired) electrons. The van der Waals surface area contributed by atoms with Gasteiger partial charge in [0.05, 0.1) is 11.4 Å². The zero-order valence-electron chi connectivity index (χ0n) is 16.3. The quantitative estimate of drug-likeness (QED) is 0.340. The van der Waals surface area contributed by atoms with E-state index in [1.54, 1.807) is 37.3 Å². The zero-order chi connectivity index (χ0) is 20.9. The molecule has 0 aliphatic heterocycles. The summed E-state index contributed by atoms with van der Waals surface area (Å²) in [5, 5.41) is 20.9. The monoisotopic (exact) mass is 396 g/mol. The third-order valence-electron chi connectivity index (χ3n) is 4.73. The van der Waals surface area contributed by atoms with Gasteiger partial charge in [0, 0.05) is 11.1 Å². The van der Waals surface area contributed by atoms with E-state index in [2.05, 4.69) is 32.9 Å². The fraction of sp³-hybridized carbons (Fsp3) is 0.0417. The number of para-hydroxylation sites is 1. The van der Waals surface area contributed by atoms with Crippen LogP contribution >= 0.6 is 0 Å². The molecule has 3 N–H and O–H groups in total. The SMILES string of the molecule is C/C(=N/NC(=O)c1cc(-c2ccc(-c3ccccc3)cc2)n[nH]1)c1ccccc1O. The molecule has 0 aliphatic carbocycles. The lowest BCUT2D eigenvalue weighted by atomic mass is 10.0. The maximum atomic E-state index is 12.4. The van der Waals surface area contributed by atoms with E-state index < -0.39 is 5.91 Å². The highest BCUT2D eigenvalue weighted by Crippen LogP contribution is 2.24. The first-order chi connectivity index (χ1) is 14.6. The first kappa shape index (κ1) is 19.1. The number of carbonyl (C=O) groups excluding carboxylic acids is 1. The molecule has 0 aliphatic rings. The second-order valence-corrected chi connectivity index (χ2v) is 6.77. The van der Waals surface area contributed by atoms with Crippen LogP contribution in [0.4, 0.5) is 0 Å². The van der Waals surface area contributed by atoms with E-state index in [0.29, 0.717) is 22.7 Å². The number of hydrogen-bond acceptors (Lipinski definition) is 4. The van der Waals surface area contributed by atoms with Crippen LogP contribution in [-0.4, -0.2) is 26.9 Å². The van der Waals surface area contributed by atoms with E-state index in [9.17, 15) is 9.90 Å². The van der Waals surface area contributed by atoms with Crippen LogP contribution < -0.4 is 5.43 Å². The zero-order valence-corrected chi connectivity index (χ0v) is 16.3. The van der Waals surface area contributed by atoms with E-state index in [0.717, 1.165) is 16.7 Å². The Balaban J connectivity index is 1.46. The number of phenolic OH excluding ortho intramolecular Hbond substituents is 1. The Morgan fingerprint density at radius 3 is 2.27 bits per heavy atom. The van der Waals surface area contributed by atoms with Crippen LogP contribution in [0.15, 0.2) is 90.0 Å². The molecular weight excluding hydrogens is 376 g/mol. The summed E-state index contributed by atoms with van der Waals surface area (Å²) in [6, 6.07) is 26.6. The molecule has 4 rings (SSSR count). The van der Waals surface area contributed by atoms with Gasteiger partial charge < -0.3 is 5.11 Å². The van der Waals surface area contributed by atoms with Gasteiger partial charge >= 0.3 is 0 Å². The highest BCUT2D eigenvalue weighted by molar-refractivity contribution is 6.02. The van der Waals surface area contributed by atoms with Crippen LogP contribution in [0.3, 0.4) is 0 Å². The molecule has 4 aromatic rings. The van der Waals surface area contributed by atoms with Crippen molar-refractivity contribution in [3.63, 3.8) is 0 Å². The predicted molar refractivity (Wildman–Crippen MR) is 117 cm³/mol. The normalized spacial score (nSPS) is 11.3. The number of hydrogen-bond donors (Lipinski definition) is 3. The van der Waals surface area contributed by atoms with Crippen LogP contribution in [0, 0.1) is 0 Å². The molecule has 1 amide bonds. The smallest absolute Gasteiger partial charge is 0.289 e. The molecule has 0 saturated carbocycles. The third kappa shape index (κ3) is 4.12. The number of amides is 1. The summed E-state index contributed by atoms with van der Waals surface area (Å²) in [6.07, 6.45) is 0. The number of phenols is 1. The first-order valence-electron chi connectivity index (χ1n) is 9.46. The van der Waals surface area contributed by atoms with E-state index in [1.165, 1.54) is 0 Å². The van der Waals surface area contributed by atoms with Crippen molar-refractivity contribution in [3.8, 4) is 28.1 Å². The number of benzene rings is 3. The van der Waals surface area contributed by atoms with Crippen LogP contribution in [0.2, 0.25) is 0 Å². The van der Waals surface area contributed by atoms with Gasteiger partial charge in [-0.25, -0.2) is 5.43 Å². The van der Waals surface area contributed by atoms with Crippen molar-refractivity contribution in [3.05, 3.63) is 96.2 Å². The average molecular weight is 396 g/mol. The molecule has 0 unspecified atom stereocenters. The minimum Gasteiger partial charge on any atom is -0.507 e. The summed E-state index contributed by atoms with van der Waals surface area (Å²) in [5.74, 6) is -0.305. The molecule has 1 heterocycles. The summed E-state index contributed by atoms with van der Waals surface area (Å²) in [7, 11) is 0. The van der Waals surface area contributed by atoms with Gasteiger partial charge in [-0.2, -0.15) is 10.2 Å². The highest BCUT2D eigenvalue weighted by atomic mass is 16.3. The van der Waals surface area contributed by atoms with E-state index >= 15 is 0 Å². The molecule has 148 valence electrons. The van der Waals surface area contributed by atoms with Gasteiger partial charge in [-0.05, 0) is 36.2 Å². The van der Waals surface area contributed by atoms with Crippen molar-refractivity contribution in [2.24, 2.45) is 5.10 Å². The molecule has 0 fully saturated rings. The highest BCUT2D eigenvalue weighted by Gasteiger charge is 2.11. The number of nitrogens with zero attached hydrogens (tertiary/aromatic N) is 2. The van der Waals surface area contributed by atoms with Crippen molar-refractivity contribution >= 4 is 11.6 Å². The molecule has 0 saturated heterocycles. The lowest BCUT2D eigenvalue weighted by Crippen LogP contribution is -2.19. The van der Waals surface area contributed by atoms with Gasteiger partial charge in [0.25, 0.3) is 5.91 Å². The summed E-state index contributed by atoms with van der Waals surface area (Å²) in [5.41, 5.74) is 7.66. The number of aromatic amines is 1. The minimum atomic E-state index is -0.413. The van der Waals surface area contributed by atoms with E-state index in [4.69, 9.17) is 0 Å². The van der Waals surface area contributed by atoms with Gasteiger partial charge in [-0.1, -0.05) is 66.7 Å². The Bertz CT molecular complexity index is 1200. The molecule has 0 spiro atoms. The van der Waals surface area contributed by atoms with Crippen molar-refractivity contribution in [1.29, 1.82) is 0 Å². The number of aromatic hydroxyl groups is 1. The van der Waals surface area contributed by atoms with Crippen LogP contribution in [0.5, 0.6) is 5.75 Å². The average Bonchev–Trinajstić information content (AvgIpc) is 3.29. The molecule has 0 atom stereocenters. The molecular formula is C24H20N4O2. The molecule has 6 nitrogen and oxygen atoms in total. The number of hydrazone groups is 1. The Labute approximate surface area is 173 Å². The lowest BCUT2D eigenvalue weighted by Gasteiger charge is -2.04. The second kappa shape index (κ2) is 8.45. The lowest BCUT2D eigenvalue weighted by molar-refractivity contribution is 0.0950. The Hall–Kier alpha value is -4.19. The Morgan fingerprint density at radius 1 is 0.900 bits per heavy atom. The Morgan fingerprint density at radius 2 is 1.53 bits per heavy atom. The number of aromatic nitrogens is 2. The number of H-pyrrole nitrogens is 1. The van der Waals surface area contributed by atoms with Gasteiger partial charge in [0.1, 0.15) is 11.4 Å². The maximum Gasteiger partial charge on any atom is 0.289 e. The summed E-state index contributed by atoms with van der Waals surface area (Å²) >= 11 is 0. The molecule has 1 aromatic heterocycles. The Kier molecular flexibility index (Phi) is 5.39. The van der Waals surface area contributed by atoms with Gasteiger partial charge in [0.15, 0.2) is 0 Å². The molecule has 30 heavy (non-hydrogen) atoms. The van der Waals surface area contributed by atoms with Crippen molar-refractivity contribution in [1.82, 2.24) is 15.6 Å². The summed E-state index contributed by atoms with van der Waals surface area (Å²) < 4.78 is 0. The second-order valence-electron chi connectivity index (χ2n) is 6.77. The minimum absolute atomic E-state index is 0.107. The van der Waals surface area contributed by atoms with Gasteiger partial charge in [0.2, 0.25) is 0 Å². The van der Waals surface area contributed by atoms with Crippen LogP contribution in [0.25, 0.3) is 22.4 Å². The predicted octanol–water partition coefficient (Wildman–Crippen LogP) is 4.60. The fourth-order valence-corrected chi connectivity index (χ4v) is 3.08. The maximum absolute atomic E-state index is 12.4. The number of rotatable bonds is 5. The largest absolute Gasteiger partial charge is 0.507 e. The topological polar surface area (TPSA) is 90.4 Å². The van der Waals surface area contributed by atoms with Crippen LogP contribution in [0.1, 0.15) is 23.0 Å². The number of nitrogens with one attached hydrogen (secondary N) is 2.